The highest BCUT2D eigenvalue weighted by Gasteiger charge is 2.16. The van der Waals surface area contributed by atoms with Crippen LogP contribution in [0.5, 0.6) is 0 Å². The van der Waals surface area contributed by atoms with E-state index in [2.05, 4.69) is 15.5 Å². The van der Waals surface area contributed by atoms with Crippen LogP contribution in [0.4, 0.5) is 5.82 Å². The Morgan fingerprint density at radius 1 is 1.39 bits per heavy atom. The fraction of sp³-hybridized carbons (Fsp3) is 0.455. The lowest BCUT2D eigenvalue weighted by Gasteiger charge is -2.13. The highest BCUT2D eigenvalue weighted by atomic mass is 16.4. The molecule has 0 aliphatic heterocycles. The minimum Gasteiger partial charge on any atom is -0.480 e. The molecule has 0 radical (unpaired) electrons. The van der Waals surface area contributed by atoms with Crippen molar-refractivity contribution in [2.45, 2.75) is 19.4 Å². The number of anilines is 1. The van der Waals surface area contributed by atoms with Gasteiger partial charge in [-0.2, -0.15) is 0 Å². The number of carboxylic acids is 1. The maximum absolute atomic E-state index is 11.6. The van der Waals surface area contributed by atoms with Crippen LogP contribution in [0.15, 0.2) is 12.1 Å². The predicted octanol–water partition coefficient (Wildman–Crippen LogP) is 0.453. The minimum atomic E-state index is -0.951. The first-order valence-electron chi connectivity index (χ1n) is 5.50. The number of hydrogen-bond donors (Lipinski definition) is 2. The standard InChI is InChI=1S/C11H16N4O3/c1-4-7(11(17)18)12-9-6-5-8(13-14-9)10(16)15(2)3/h5-7H,4H2,1-3H3,(H,12,14)(H,17,18). The Kier molecular flexibility index (Phi) is 4.59. The Balaban J connectivity index is 2.77. The Bertz CT molecular complexity index is 430. The van der Waals surface area contributed by atoms with Crippen LogP contribution in [0.3, 0.4) is 0 Å². The minimum absolute atomic E-state index is 0.217. The maximum Gasteiger partial charge on any atom is 0.326 e. The van der Waals surface area contributed by atoms with Crippen molar-refractivity contribution < 1.29 is 14.7 Å². The molecule has 0 bridgehead atoms. The number of aliphatic carboxylic acids is 1. The number of nitrogens with zero attached hydrogens (tertiary/aromatic N) is 3. The molecule has 0 fully saturated rings. The molecular weight excluding hydrogens is 236 g/mol. The van der Waals surface area contributed by atoms with Gasteiger partial charge in [0.25, 0.3) is 5.91 Å². The van der Waals surface area contributed by atoms with Gasteiger partial charge in [0.1, 0.15) is 11.9 Å². The SMILES string of the molecule is CCC(Nc1ccc(C(=O)N(C)C)nn1)C(=O)O. The Morgan fingerprint density at radius 2 is 2.06 bits per heavy atom. The first-order valence-corrected chi connectivity index (χ1v) is 5.50. The first kappa shape index (κ1) is 13.9. The molecule has 0 aromatic carbocycles. The van der Waals surface area contributed by atoms with E-state index in [9.17, 15) is 9.59 Å². The number of nitrogens with one attached hydrogen (secondary N) is 1. The van der Waals surface area contributed by atoms with Crippen LogP contribution < -0.4 is 5.32 Å². The summed E-state index contributed by atoms with van der Waals surface area (Å²) in [6.45, 7) is 1.75. The molecule has 1 rings (SSSR count). The normalized spacial score (nSPS) is 11.7. The molecule has 0 aliphatic rings. The van der Waals surface area contributed by atoms with E-state index >= 15 is 0 Å². The molecule has 1 amide bonds. The summed E-state index contributed by atoms with van der Waals surface area (Å²) in [7, 11) is 3.24. The summed E-state index contributed by atoms with van der Waals surface area (Å²) in [5, 5.41) is 19.1. The quantitative estimate of drug-likeness (QED) is 0.790. The van der Waals surface area contributed by atoms with Gasteiger partial charge >= 0.3 is 5.97 Å². The number of carboxylic acid groups (broad SMARTS) is 1. The second kappa shape index (κ2) is 5.95. The van der Waals surface area contributed by atoms with Gasteiger partial charge < -0.3 is 15.3 Å². The molecule has 0 saturated carbocycles. The highest BCUT2D eigenvalue weighted by molar-refractivity contribution is 5.91. The second-order valence-corrected chi connectivity index (χ2v) is 3.95. The molecule has 7 nitrogen and oxygen atoms in total. The van der Waals surface area contributed by atoms with Gasteiger partial charge in [0.2, 0.25) is 0 Å². The number of aromatic nitrogens is 2. The van der Waals surface area contributed by atoms with E-state index < -0.39 is 12.0 Å². The smallest absolute Gasteiger partial charge is 0.326 e. The highest BCUT2D eigenvalue weighted by Crippen LogP contribution is 2.07. The first-order chi connectivity index (χ1) is 8.45. The molecule has 0 aliphatic carbocycles. The zero-order chi connectivity index (χ0) is 13.7. The zero-order valence-electron chi connectivity index (χ0n) is 10.5. The van der Waals surface area contributed by atoms with E-state index in [1.54, 1.807) is 21.0 Å². The largest absolute Gasteiger partial charge is 0.480 e. The molecule has 18 heavy (non-hydrogen) atoms. The summed E-state index contributed by atoms with van der Waals surface area (Å²) in [5.41, 5.74) is 0.217. The van der Waals surface area contributed by atoms with Crippen molar-refractivity contribution in [2.24, 2.45) is 0 Å². The van der Waals surface area contributed by atoms with Gasteiger partial charge in [0, 0.05) is 14.1 Å². The van der Waals surface area contributed by atoms with E-state index in [1.807, 2.05) is 0 Å². The molecule has 1 atom stereocenters. The Morgan fingerprint density at radius 3 is 2.44 bits per heavy atom. The monoisotopic (exact) mass is 252 g/mol. The second-order valence-electron chi connectivity index (χ2n) is 3.95. The average Bonchev–Trinajstić information content (AvgIpc) is 2.35. The summed E-state index contributed by atoms with van der Waals surface area (Å²) in [6.07, 6.45) is 0.426. The summed E-state index contributed by atoms with van der Waals surface area (Å²) in [6, 6.07) is 2.33. The molecule has 0 spiro atoms. The number of carbonyl (C=O) groups excluding carboxylic acids is 1. The summed E-state index contributed by atoms with van der Waals surface area (Å²) >= 11 is 0. The zero-order valence-corrected chi connectivity index (χ0v) is 10.5. The van der Waals surface area contributed by atoms with Crippen molar-refractivity contribution >= 4 is 17.7 Å². The van der Waals surface area contributed by atoms with Gasteiger partial charge in [-0.15, -0.1) is 10.2 Å². The molecule has 1 unspecified atom stereocenters. The van der Waals surface area contributed by atoms with E-state index in [4.69, 9.17) is 5.11 Å². The Hall–Kier alpha value is -2.18. The summed E-state index contributed by atoms with van der Waals surface area (Å²) in [5.74, 6) is -0.869. The Labute approximate surface area is 105 Å². The van der Waals surface area contributed by atoms with E-state index in [0.717, 1.165) is 0 Å². The molecule has 2 N–H and O–H groups in total. The summed E-state index contributed by atoms with van der Waals surface area (Å²) < 4.78 is 0. The number of hydrogen-bond acceptors (Lipinski definition) is 5. The van der Waals surface area contributed by atoms with Crippen molar-refractivity contribution in [3.63, 3.8) is 0 Å². The van der Waals surface area contributed by atoms with Crippen LogP contribution in [-0.4, -0.2) is 52.2 Å². The topological polar surface area (TPSA) is 95.4 Å². The van der Waals surface area contributed by atoms with Crippen LogP contribution in [0.2, 0.25) is 0 Å². The van der Waals surface area contributed by atoms with Crippen LogP contribution in [0.25, 0.3) is 0 Å². The van der Waals surface area contributed by atoms with Gasteiger partial charge in [-0.1, -0.05) is 6.92 Å². The van der Waals surface area contributed by atoms with E-state index in [1.165, 1.54) is 17.0 Å². The van der Waals surface area contributed by atoms with Gasteiger partial charge in [-0.05, 0) is 18.6 Å². The molecule has 1 aromatic heterocycles. The summed E-state index contributed by atoms with van der Waals surface area (Å²) in [4.78, 5) is 23.8. The fourth-order valence-corrected chi connectivity index (χ4v) is 1.27. The van der Waals surface area contributed by atoms with Crippen LogP contribution >= 0.6 is 0 Å². The van der Waals surface area contributed by atoms with Crippen LogP contribution in [0.1, 0.15) is 23.8 Å². The average molecular weight is 252 g/mol. The van der Waals surface area contributed by atoms with Crippen LogP contribution in [0, 0.1) is 0 Å². The lowest BCUT2D eigenvalue weighted by Crippen LogP contribution is -2.29. The van der Waals surface area contributed by atoms with Crippen molar-refractivity contribution in [1.82, 2.24) is 15.1 Å². The van der Waals surface area contributed by atoms with Crippen molar-refractivity contribution in [1.29, 1.82) is 0 Å². The van der Waals surface area contributed by atoms with Crippen molar-refractivity contribution in [3.8, 4) is 0 Å². The van der Waals surface area contributed by atoms with E-state index in [-0.39, 0.29) is 11.6 Å². The fourth-order valence-electron chi connectivity index (χ4n) is 1.27. The molecule has 1 aromatic rings. The van der Waals surface area contributed by atoms with E-state index in [0.29, 0.717) is 12.2 Å². The number of amides is 1. The van der Waals surface area contributed by atoms with Gasteiger partial charge in [-0.25, -0.2) is 4.79 Å². The van der Waals surface area contributed by atoms with Gasteiger partial charge in [0.15, 0.2) is 5.69 Å². The lowest BCUT2D eigenvalue weighted by atomic mass is 10.2. The molecule has 7 heteroatoms. The predicted molar refractivity (Wildman–Crippen MR) is 65.4 cm³/mol. The van der Waals surface area contributed by atoms with Crippen LogP contribution in [-0.2, 0) is 4.79 Å². The molecule has 98 valence electrons. The third-order valence-corrected chi connectivity index (χ3v) is 2.32. The van der Waals surface area contributed by atoms with Crippen molar-refractivity contribution in [2.75, 3.05) is 19.4 Å². The van der Waals surface area contributed by atoms with Gasteiger partial charge in [-0.3, -0.25) is 4.79 Å². The van der Waals surface area contributed by atoms with Gasteiger partial charge in [0.05, 0.1) is 0 Å². The third kappa shape index (κ3) is 3.41. The molecule has 1 heterocycles. The van der Waals surface area contributed by atoms with Crippen molar-refractivity contribution in [3.05, 3.63) is 17.8 Å². The molecule has 0 saturated heterocycles. The lowest BCUT2D eigenvalue weighted by molar-refractivity contribution is -0.137. The number of rotatable bonds is 5. The molecular formula is C11H16N4O3. The maximum atomic E-state index is 11.6. The third-order valence-electron chi connectivity index (χ3n) is 2.32. The number of carbonyl (C=O) groups is 2.